The molecule has 0 N–H and O–H groups in total. The van der Waals surface area contributed by atoms with E-state index in [4.69, 9.17) is 0 Å². The van der Waals surface area contributed by atoms with Gasteiger partial charge in [-0.05, 0) is 43.4 Å². The fraction of sp³-hybridized carbons (Fsp3) is 0.250. The molecule has 24 heavy (non-hydrogen) atoms. The molecule has 0 bridgehead atoms. The smallest absolute Gasteiger partial charge is 0.0184 e. The van der Waals surface area contributed by atoms with Gasteiger partial charge in [-0.3, -0.25) is 0 Å². The SMILES string of the molecule is C=C.C=C(C)/C=C\C.C=C/C(=C\C=C/CC)c1ccc(CC)cc1. The maximum absolute atomic E-state index is 3.86. The van der Waals surface area contributed by atoms with Gasteiger partial charge in [0.15, 0.2) is 0 Å². The summed E-state index contributed by atoms with van der Waals surface area (Å²) in [6.07, 6.45) is 14.3. The summed E-state index contributed by atoms with van der Waals surface area (Å²) in [6, 6.07) is 8.67. The van der Waals surface area contributed by atoms with Gasteiger partial charge in [-0.2, -0.15) is 0 Å². The molecule has 0 spiro atoms. The van der Waals surface area contributed by atoms with E-state index in [2.05, 4.69) is 82.7 Å². The molecular weight excluding hydrogens is 288 g/mol. The topological polar surface area (TPSA) is 0 Å². The zero-order valence-corrected chi connectivity index (χ0v) is 16.0. The molecule has 0 aliphatic rings. The van der Waals surface area contributed by atoms with Crippen molar-refractivity contribution in [3.8, 4) is 0 Å². The van der Waals surface area contributed by atoms with Crippen LogP contribution >= 0.6 is 0 Å². The van der Waals surface area contributed by atoms with Gasteiger partial charge >= 0.3 is 0 Å². The first kappa shape index (κ1) is 23.9. The van der Waals surface area contributed by atoms with Crippen molar-refractivity contribution in [2.45, 2.75) is 40.5 Å². The lowest BCUT2D eigenvalue weighted by atomic mass is 10.0. The molecule has 0 heterocycles. The minimum Gasteiger partial charge on any atom is -0.106 e. The Kier molecular flexibility index (Phi) is 17.0. The van der Waals surface area contributed by atoms with E-state index in [0.29, 0.717) is 0 Å². The van der Waals surface area contributed by atoms with Gasteiger partial charge in [0.05, 0.1) is 0 Å². The van der Waals surface area contributed by atoms with Crippen LogP contribution in [0.3, 0.4) is 0 Å². The molecule has 1 aromatic rings. The van der Waals surface area contributed by atoms with Crippen molar-refractivity contribution in [2.75, 3.05) is 0 Å². The lowest BCUT2D eigenvalue weighted by Gasteiger charge is -2.03. The molecule has 0 aliphatic carbocycles. The lowest BCUT2D eigenvalue weighted by molar-refractivity contribution is 1.14. The summed E-state index contributed by atoms with van der Waals surface area (Å²) >= 11 is 0. The van der Waals surface area contributed by atoms with Crippen LogP contribution in [0.4, 0.5) is 0 Å². The predicted octanol–water partition coefficient (Wildman–Crippen LogP) is 7.73. The molecule has 0 atom stereocenters. The molecule has 130 valence electrons. The Morgan fingerprint density at radius 2 is 1.67 bits per heavy atom. The van der Waals surface area contributed by atoms with Crippen LogP contribution in [0.2, 0.25) is 0 Å². The van der Waals surface area contributed by atoms with Gasteiger partial charge < -0.3 is 0 Å². The van der Waals surface area contributed by atoms with E-state index in [0.717, 1.165) is 18.4 Å². The first-order chi connectivity index (χ1) is 11.6. The number of aryl methyl sites for hydroxylation is 1. The Bertz CT molecular complexity index is 536. The molecule has 0 fully saturated rings. The van der Waals surface area contributed by atoms with Gasteiger partial charge in [-0.25, -0.2) is 0 Å². The van der Waals surface area contributed by atoms with Crippen LogP contribution in [0.5, 0.6) is 0 Å². The molecular formula is C24H34. The van der Waals surface area contributed by atoms with Crippen molar-refractivity contribution in [3.63, 3.8) is 0 Å². The van der Waals surface area contributed by atoms with Crippen molar-refractivity contribution >= 4 is 5.57 Å². The molecule has 0 saturated carbocycles. The highest BCUT2D eigenvalue weighted by Gasteiger charge is 1.96. The van der Waals surface area contributed by atoms with Crippen molar-refractivity contribution in [1.29, 1.82) is 0 Å². The van der Waals surface area contributed by atoms with E-state index in [1.54, 1.807) is 0 Å². The third kappa shape index (κ3) is 12.2. The Balaban J connectivity index is 0. The van der Waals surface area contributed by atoms with Crippen molar-refractivity contribution in [3.05, 3.63) is 104 Å². The molecule has 0 saturated heterocycles. The van der Waals surface area contributed by atoms with E-state index in [9.17, 15) is 0 Å². The fourth-order valence-corrected chi connectivity index (χ4v) is 1.81. The monoisotopic (exact) mass is 322 g/mol. The number of benzene rings is 1. The molecule has 1 aromatic carbocycles. The van der Waals surface area contributed by atoms with Crippen molar-refractivity contribution < 1.29 is 0 Å². The highest BCUT2D eigenvalue weighted by molar-refractivity contribution is 5.74. The Labute approximate surface area is 150 Å². The molecule has 0 unspecified atom stereocenters. The van der Waals surface area contributed by atoms with Crippen LogP contribution in [0.25, 0.3) is 5.57 Å². The van der Waals surface area contributed by atoms with Gasteiger partial charge in [-0.15, -0.1) is 13.2 Å². The normalized spacial score (nSPS) is 10.6. The predicted molar refractivity (Wildman–Crippen MR) is 114 cm³/mol. The zero-order chi connectivity index (χ0) is 18.8. The maximum Gasteiger partial charge on any atom is -0.0184 e. The summed E-state index contributed by atoms with van der Waals surface area (Å²) < 4.78 is 0. The van der Waals surface area contributed by atoms with Crippen molar-refractivity contribution in [2.24, 2.45) is 0 Å². The highest BCUT2D eigenvalue weighted by atomic mass is 14.0. The van der Waals surface area contributed by atoms with Crippen LogP contribution in [-0.2, 0) is 6.42 Å². The number of hydrogen-bond donors (Lipinski definition) is 0. The van der Waals surface area contributed by atoms with Gasteiger partial charge in [0.25, 0.3) is 0 Å². The number of rotatable bonds is 6. The standard InChI is InChI=1S/C16H20.C6H10.C2H4/c1-4-7-8-9-15(6-3)16-12-10-14(5-2)11-13-16;1-4-5-6(2)3;1-2/h6-13H,3-5H2,1-2H3;4-5H,2H2,1,3H3;1-2H2/b8-7-,15-9+;5-4-;. The van der Waals surface area contributed by atoms with E-state index in [1.165, 1.54) is 16.7 Å². The van der Waals surface area contributed by atoms with Gasteiger partial charge in [0, 0.05) is 0 Å². The molecule has 0 nitrogen and oxygen atoms in total. The molecule has 0 aliphatic heterocycles. The Hall–Kier alpha value is -2.34. The zero-order valence-electron chi connectivity index (χ0n) is 16.0. The van der Waals surface area contributed by atoms with Crippen LogP contribution in [0, 0.1) is 0 Å². The molecule has 0 aromatic heterocycles. The van der Waals surface area contributed by atoms with E-state index >= 15 is 0 Å². The molecule has 0 heteroatoms. The van der Waals surface area contributed by atoms with E-state index in [-0.39, 0.29) is 0 Å². The largest absolute Gasteiger partial charge is 0.106 e. The summed E-state index contributed by atoms with van der Waals surface area (Å²) in [5, 5.41) is 0. The number of hydrogen-bond acceptors (Lipinski definition) is 0. The van der Waals surface area contributed by atoms with Gasteiger partial charge in [0.2, 0.25) is 0 Å². The van der Waals surface area contributed by atoms with Gasteiger partial charge in [-0.1, -0.05) is 93.3 Å². The summed E-state index contributed by atoms with van der Waals surface area (Å²) in [5.41, 5.74) is 4.88. The van der Waals surface area contributed by atoms with Gasteiger partial charge in [0.1, 0.15) is 0 Å². The Morgan fingerprint density at radius 3 is 2.00 bits per heavy atom. The van der Waals surface area contributed by atoms with Crippen LogP contribution in [0.15, 0.2) is 92.6 Å². The summed E-state index contributed by atoms with van der Waals surface area (Å²) in [7, 11) is 0. The fourth-order valence-electron chi connectivity index (χ4n) is 1.81. The second kappa shape index (κ2) is 17.0. The third-order valence-corrected chi connectivity index (χ3v) is 3.01. The first-order valence-electron chi connectivity index (χ1n) is 8.45. The minimum atomic E-state index is 1.07. The van der Waals surface area contributed by atoms with E-state index < -0.39 is 0 Å². The summed E-state index contributed by atoms with van der Waals surface area (Å²) in [4.78, 5) is 0. The minimum absolute atomic E-state index is 1.07. The third-order valence-electron chi connectivity index (χ3n) is 3.01. The average Bonchev–Trinajstić information content (AvgIpc) is 2.61. The quantitative estimate of drug-likeness (QED) is 0.371. The molecule has 0 amide bonds. The summed E-state index contributed by atoms with van der Waals surface area (Å²) in [6.45, 7) is 21.8. The molecule has 1 rings (SSSR count). The number of allylic oxidation sites excluding steroid dienone is 8. The Morgan fingerprint density at radius 1 is 1.08 bits per heavy atom. The second-order valence-electron chi connectivity index (χ2n) is 5.06. The average molecular weight is 323 g/mol. The molecule has 0 radical (unpaired) electrons. The van der Waals surface area contributed by atoms with Crippen LogP contribution in [0.1, 0.15) is 45.2 Å². The van der Waals surface area contributed by atoms with Crippen LogP contribution < -0.4 is 0 Å². The van der Waals surface area contributed by atoms with Crippen LogP contribution in [-0.4, -0.2) is 0 Å². The van der Waals surface area contributed by atoms with Crippen molar-refractivity contribution in [1.82, 2.24) is 0 Å². The summed E-state index contributed by atoms with van der Waals surface area (Å²) in [5.74, 6) is 0. The first-order valence-corrected chi connectivity index (χ1v) is 8.45. The van der Waals surface area contributed by atoms with E-state index in [1.807, 2.05) is 32.1 Å². The maximum atomic E-state index is 3.86. The lowest BCUT2D eigenvalue weighted by Crippen LogP contribution is -1.83. The second-order valence-corrected chi connectivity index (χ2v) is 5.06. The highest BCUT2D eigenvalue weighted by Crippen LogP contribution is 2.16.